The largest absolute Gasteiger partial charge is 0.465 e. The van der Waals surface area contributed by atoms with Gasteiger partial charge in [0.05, 0.1) is 19.1 Å². The number of thiocarbonyl (C=S) groups is 1. The SMILES string of the molecule is COC(=O)c1ccc(NC(=O)C[C@@H]2C(=O)N(C)C(=S)N2Cc2ccccc2)cc1. The predicted molar refractivity (Wildman–Crippen MR) is 112 cm³/mol. The Morgan fingerprint density at radius 1 is 1.10 bits per heavy atom. The lowest BCUT2D eigenvalue weighted by atomic mass is 10.1. The van der Waals surface area contributed by atoms with E-state index in [4.69, 9.17) is 12.2 Å². The van der Waals surface area contributed by atoms with Crippen molar-refractivity contribution in [3.05, 3.63) is 65.7 Å². The summed E-state index contributed by atoms with van der Waals surface area (Å²) in [7, 11) is 2.92. The molecule has 2 aromatic rings. The summed E-state index contributed by atoms with van der Waals surface area (Å²) in [6.07, 6.45) is -0.0328. The Bertz CT molecular complexity index is 931. The lowest BCUT2D eigenvalue weighted by Crippen LogP contribution is -2.37. The number of amides is 2. The van der Waals surface area contributed by atoms with E-state index in [1.807, 2.05) is 30.3 Å². The second kappa shape index (κ2) is 8.83. The van der Waals surface area contributed by atoms with Gasteiger partial charge in [0.2, 0.25) is 5.91 Å². The molecule has 1 atom stereocenters. The summed E-state index contributed by atoms with van der Waals surface area (Å²) in [6.45, 7) is 0.446. The fourth-order valence-corrected chi connectivity index (χ4v) is 3.41. The molecule has 0 aromatic heterocycles. The predicted octanol–water partition coefficient (Wildman–Crippen LogP) is 2.43. The number of anilines is 1. The molecule has 2 aromatic carbocycles. The number of carbonyl (C=O) groups is 3. The van der Waals surface area contributed by atoms with Crippen molar-refractivity contribution in [3.8, 4) is 0 Å². The van der Waals surface area contributed by atoms with Gasteiger partial charge in [0.15, 0.2) is 5.11 Å². The maximum Gasteiger partial charge on any atom is 0.337 e. The third kappa shape index (κ3) is 4.60. The van der Waals surface area contributed by atoms with Crippen LogP contribution in [0.3, 0.4) is 0 Å². The quantitative estimate of drug-likeness (QED) is 0.581. The van der Waals surface area contributed by atoms with Gasteiger partial charge < -0.3 is 15.0 Å². The van der Waals surface area contributed by atoms with Crippen molar-refractivity contribution in [3.63, 3.8) is 0 Å². The van der Waals surface area contributed by atoms with Crippen molar-refractivity contribution < 1.29 is 19.1 Å². The Balaban J connectivity index is 1.69. The number of ether oxygens (including phenoxy) is 1. The van der Waals surface area contributed by atoms with E-state index >= 15 is 0 Å². The van der Waals surface area contributed by atoms with Gasteiger partial charge in [-0.2, -0.15) is 0 Å². The molecule has 2 amide bonds. The lowest BCUT2D eigenvalue weighted by Gasteiger charge is -2.23. The van der Waals surface area contributed by atoms with Crippen LogP contribution in [0.1, 0.15) is 22.3 Å². The van der Waals surface area contributed by atoms with E-state index in [0.717, 1.165) is 5.56 Å². The van der Waals surface area contributed by atoms with E-state index in [-0.39, 0.29) is 18.2 Å². The molecule has 1 N–H and O–H groups in total. The highest BCUT2D eigenvalue weighted by atomic mass is 32.1. The van der Waals surface area contributed by atoms with Gasteiger partial charge >= 0.3 is 5.97 Å². The number of nitrogens with one attached hydrogen (secondary N) is 1. The number of benzene rings is 2. The highest BCUT2D eigenvalue weighted by Gasteiger charge is 2.41. The maximum atomic E-state index is 12.6. The van der Waals surface area contributed by atoms with Gasteiger partial charge in [-0.05, 0) is 42.0 Å². The van der Waals surface area contributed by atoms with E-state index in [1.165, 1.54) is 12.0 Å². The molecule has 0 saturated carbocycles. The van der Waals surface area contributed by atoms with Crippen molar-refractivity contribution in [2.24, 2.45) is 0 Å². The Morgan fingerprint density at radius 2 is 1.76 bits per heavy atom. The molecule has 7 nitrogen and oxygen atoms in total. The zero-order valence-corrected chi connectivity index (χ0v) is 16.9. The van der Waals surface area contributed by atoms with Gasteiger partial charge in [-0.3, -0.25) is 14.5 Å². The molecule has 1 fully saturated rings. The van der Waals surface area contributed by atoms with Crippen molar-refractivity contribution in [2.75, 3.05) is 19.5 Å². The second-order valence-electron chi connectivity index (χ2n) is 6.63. The van der Waals surface area contributed by atoms with Crippen LogP contribution in [-0.2, 0) is 20.9 Å². The van der Waals surface area contributed by atoms with E-state index < -0.39 is 12.0 Å². The van der Waals surface area contributed by atoms with E-state index in [9.17, 15) is 14.4 Å². The Morgan fingerprint density at radius 3 is 2.38 bits per heavy atom. The van der Waals surface area contributed by atoms with Gasteiger partial charge in [-0.25, -0.2) is 4.79 Å². The summed E-state index contributed by atoms with van der Waals surface area (Å²) >= 11 is 5.40. The monoisotopic (exact) mass is 411 g/mol. The average Bonchev–Trinajstić information content (AvgIpc) is 2.93. The van der Waals surface area contributed by atoms with Crippen LogP contribution in [0.4, 0.5) is 5.69 Å². The minimum Gasteiger partial charge on any atom is -0.465 e. The Labute approximate surface area is 174 Å². The van der Waals surface area contributed by atoms with Crippen molar-refractivity contribution in [2.45, 2.75) is 19.0 Å². The first-order valence-electron chi connectivity index (χ1n) is 9.01. The zero-order valence-electron chi connectivity index (χ0n) is 16.1. The first-order chi connectivity index (χ1) is 13.9. The molecular formula is C21H21N3O4S. The summed E-state index contributed by atoms with van der Waals surface area (Å²) < 4.78 is 4.65. The summed E-state index contributed by atoms with van der Waals surface area (Å²) in [5, 5.41) is 3.16. The highest BCUT2D eigenvalue weighted by Crippen LogP contribution is 2.23. The molecule has 3 rings (SSSR count). The van der Waals surface area contributed by atoms with Crippen LogP contribution in [0, 0.1) is 0 Å². The number of methoxy groups -OCH3 is 1. The number of hydrogen-bond acceptors (Lipinski definition) is 5. The van der Waals surface area contributed by atoms with E-state index in [1.54, 1.807) is 36.2 Å². The van der Waals surface area contributed by atoms with Gasteiger partial charge in [0.1, 0.15) is 6.04 Å². The smallest absolute Gasteiger partial charge is 0.337 e. The molecule has 0 bridgehead atoms. The van der Waals surface area contributed by atoms with Crippen molar-refractivity contribution in [1.82, 2.24) is 9.80 Å². The first kappa shape index (κ1) is 20.5. The van der Waals surface area contributed by atoms with Crippen LogP contribution in [0.25, 0.3) is 0 Å². The van der Waals surface area contributed by atoms with Gasteiger partial charge in [-0.1, -0.05) is 30.3 Å². The number of esters is 1. The van der Waals surface area contributed by atoms with Crippen molar-refractivity contribution >= 4 is 40.8 Å². The van der Waals surface area contributed by atoms with Crippen LogP contribution in [-0.4, -0.2) is 52.9 Å². The highest BCUT2D eigenvalue weighted by molar-refractivity contribution is 7.80. The normalized spacial score (nSPS) is 16.1. The van der Waals surface area contributed by atoms with Gasteiger partial charge in [-0.15, -0.1) is 0 Å². The van der Waals surface area contributed by atoms with Crippen molar-refractivity contribution in [1.29, 1.82) is 0 Å². The maximum absolute atomic E-state index is 12.6. The number of nitrogens with zero attached hydrogens (tertiary/aromatic N) is 2. The number of likely N-dealkylation sites (N-methyl/N-ethyl adjacent to an activating group) is 1. The third-order valence-corrected chi connectivity index (χ3v) is 5.20. The number of carbonyl (C=O) groups excluding carboxylic acids is 3. The first-order valence-corrected chi connectivity index (χ1v) is 9.42. The molecule has 0 radical (unpaired) electrons. The zero-order chi connectivity index (χ0) is 21.0. The molecule has 150 valence electrons. The van der Waals surface area contributed by atoms with Crippen LogP contribution >= 0.6 is 12.2 Å². The van der Waals surface area contributed by atoms with Crippen LogP contribution in [0.5, 0.6) is 0 Å². The number of rotatable bonds is 6. The summed E-state index contributed by atoms with van der Waals surface area (Å²) in [5.74, 6) is -0.972. The molecule has 29 heavy (non-hydrogen) atoms. The van der Waals surface area contributed by atoms with E-state index in [0.29, 0.717) is 22.9 Å². The Hall–Kier alpha value is -3.26. The topological polar surface area (TPSA) is 78.9 Å². The molecule has 1 heterocycles. The minimum absolute atomic E-state index is 0.0328. The molecule has 8 heteroatoms. The Kier molecular flexibility index (Phi) is 6.23. The molecular weight excluding hydrogens is 390 g/mol. The average molecular weight is 411 g/mol. The second-order valence-corrected chi connectivity index (χ2v) is 7.00. The minimum atomic E-state index is -0.665. The molecule has 0 aliphatic carbocycles. The van der Waals surface area contributed by atoms with Crippen LogP contribution in [0.15, 0.2) is 54.6 Å². The standard InChI is InChI=1S/C21H21N3O4S/c1-23-19(26)17(24(21(23)29)13-14-6-4-3-5-7-14)12-18(25)22-16-10-8-15(9-11-16)20(27)28-2/h3-11,17H,12-13H2,1-2H3,(H,22,25)/t17-/m1/s1. The third-order valence-electron chi connectivity index (χ3n) is 4.69. The summed E-state index contributed by atoms with van der Waals surface area (Å²) in [6, 6.07) is 15.3. The lowest BCUT2D eigenvalue weighted by molar-refractivity contribution is -0.130. The van der Waals surface area contributed by atoms with E-state index in [2.05, 4.69) is 10.1 Å². The van der Waals surface area contributed by atoms with Crippen LogP contribution in [0.2, 0.25) is 0 Å². The van der Waals surface area contributed by atoms with Gasteiger partial charge in [0, 0.05) is 19.3 Å². The molecule has 0 unspecified atom stereocenters. The molecule has 1 aliphatic rings. The summed E-state index contributed by atoms with van der Waals surface area (Å²) in [4.78, 5) is 39.8. The van der Waals surface area contributed by atoms with Crippen LogP contribution < -0.4 is 5.32 Å². The number of hydrogen-bond donors (Lipinski definition) is 1. The fraction of sp³-hybridized carbons (Fsp3) is 0.238. The molecule has 1 saturated heterocycles. The fourth-order valence-electron chi connectivity index (χ4n) is 3.13. The molecule has 0 spiro atoms. The van der Waals surface area contributed by atoms with Gasteiger partial charge in [0.25, 0.3) is 5.91 Å². The molecule has 1 aliphatic heterocycles. The summed E-state index contributed by atoms with van der Waals surface area (Å²) in [5.41, 5.74) is 1.91.